The van der Waals surface area contributed by atoms with E-state index in [0.29, 0.717) is 41.6 Å². The number of anilines is 1. The largest absolute Gasteiger partial charge is 0.482 e. The molecule has 4 rings (SSSR count). The Hall–Kier alpha value is -3.88. The van der Waals surface area contributed by atoms with E-state index in [1.165, 1.54) is 18.3 Å². The van der Waals surface area contributed by atoms with Crippen molar-refractivity contribution in [2.75, 3.05) is 19.4 Å². The summed E-state index contributed by atoms with van der Waals surface area (Å²) in [6, 6.07) is 8.09. The van der Waals surface area contributed by atoms with Gasteiger partial charge >= 0.3 is 0 Å². The average molecular weight is 436 g/mol. The van der Waals surface area contributed by atoms with Gasteiger partial charge < -0.3 is 20.9 Å². The normalized spacial score (nSPS) is 18.3. The molecule has 3 heterocycles. The number of nitrogen functional groups attached to an aromatic ring is 1. The molecule has 32 heavy (non-hydrogen) atoms. The van der Waals surface area contributed by atoms with Crippen molar-refractivity contribution in [3.05, 3.63) is 70.9 Å². The summed E-state index contributed by atoms with van der Waals surface area (Å²) in [7, 11) is 1.55. The lowest BCUT2D eigenvalue weighted by Gasteiger charge is -2.22. The Morgan fingerprint density at radius 2 is 2.16 bits per heavy atom. The molecule has 8 nitrogen and oxygen atoms in total. The Labute approximate surface area is 185 Å². The van der Waals surface area contributed by atoms with E-state index < -0.39 is 6.10 Å². The minimum absolute atomic E-state index is 0.228. The molecular weight excluding hydrogens is 411 g/mol. The second kappa shape index (κ2) is 8.70. The summed E-state index contributed by atoms with van der Waals surface area (Å²) in [4.78, 5) is 8.96. The zero-order chi connectivity index (χ0) is 22.8. The fourth-order valence-corrected chi connectivity index (χ4v) is 3.76. The summed E-state index contributed by atoms with van der Waals surface area (Å²) >= 11 is 0. The number of benzene rings is 1. The Morgan fingerprint density at radius 3 is 2.88 bits per heavy atom. The Kier molecular flexibility index (Phi) is 5.81. The fraction of sp³-hybridized carbons (Fsp3) is 0.261. The molecule has 1 atom stereocenters. The Morgan fingerprint density at radius 1 is 1.34 bits per heavy atom. The Balaban J connectivity index is 2.01. The van der Waals surface area contributed by atoms with Gasteiger partial charge in [0.2, 0.25) is 5.88 Å². The molecule has 4 N–H and O–H groups in total. The molecule has 0 saturated carbocycles. The maximum atomic E-state index is 14.2. The van der Waals surface area contributed by atoms with Crippen LogP contribution in [0.5, 0.6) is 11.6 Å². The summed E-state index contributed by atoms with van der Waals surface area (Å²) in [5, 5.41) is 4.56. The van der Waals surface area contributed by atoms with Gasteiger partial charge in [-0.25, -0.2) is 14.1 Å². The first-order valence-corrected chi connectivity index (χ1v) is 10.3. The van der Waals surface area contributed by atoms with Crippen LogP contribution < -0.4 is 20.9 Å². The zero-order valence-electron chi connectivity index (χ0n) is 18.2. The minimum atomic E-state index is -0.543. The van der Waals surface area contributed by atoms with Crippen molar-refractivity contribution in [3.63, 3.8) is 0 Å². The van der Waals surface area contributed by atoms with Crippen molar-refractivity contribution in [2.24, 2.45) is 10.7 Å². The molecule has 166 valence electrons. The van der Waals surface area contributed by atoms with Crippen molar-refractivity contribution < 1.29 is 13.9 Å². The summed E-state index contributed by atoms with van der Waals surface area (Å²) < 4.78 is 27.5. The highest BCUT2D eigenvalue weighted by Crippen LogP contribution is 2.33. The summed E-state index contributed by atoms with van der Waals surface area (Å²) in [5.41, 5.74) is 16.4. The molecule has 1 aliphatic rings. The van der Waals surface area contributed by atoms with Crippen molar-refractivity contribution in [1.29, 1.82) is 0 Å². The number of rotatable bonds is 2. The number of aliphatic imine (C=N–C) groups is 1. The van der Waals surface area contributed by atoms with Gasteiger partial charge in [0.15, 0.2) is 11.6 Å². The van der Waals surface area contributed by atoms with Crippen LogP contribution in [-0.2, 0) is 6.42 Å². The smallest absolute Gasteiger partial charge is 0.233 e. The minimum Gasteiger partial charge on any atom is -0.482 e. The van der Waals surface area contributed by atoms with Crippen LogP contribution in [0, 0.1) is 5.82 Å². The maximum absolute atomic E-state index is 14.2. The molecule has 0 radical (unpaired) electrons. The van der Waals surface area contributed by atoms with E-state index in [-0.39, 0.29) is 11.6 Å². The van der Waals surface area contributed by atoms with Gasteiger partial charge in [-0.1, -0.05) is 0 Å². The number of nitrogens with two attached hydrogens (primary N) is 2. The molecule has 0 fully saturated rings. The number of methoxy groups -OCH3 is 1. The van der Waals surface area contributed by atoms with E-state index in [1.54, 1.807) is 30.1 Å². The van der Waals surface area contributed by atoms with E-state index >= 15 is 0 Å². The molecule has 3 aromatic rings. The van der Waals surface area contributed by atoms with Gasteiger partial charge in [0.1, 0.15) is 11.9 Å². The predicted octanol–water partition coefficient (Wildman–Crippen LogP) is 3.34. The summed E-state index contributed by atoms with van der Waals surface area (Å²) in [6.07, 6.45) is 3.04. The van der Waals surface area contributed by atoms with Crippen molar-refractivity contribution in [2.45, 2.75) is 26.4 Å². The van der Waals surface area contributed by atoms with Crippen LogP contribution in [0.3, 0.4) is 0 Å². The molecule has 2 bridgehead atoms. The third-order valence-corrected chi connectivity index (χ3v) is 5.28. The van der Waals surface area contributed by atoms with Gasteiger partial charge in [0.05, 0.1) is 24.2 Å². The highest BCUT2D eigenvalue weighted by Gasteiger charge is 2.23. The number of nitrogens with zero attached hydrogens (tertiary/aromatic N) is 4. The van der Waals surface area contributed by atoms with Crippen LogP contribution in [0.2, 0.25) is 0 Å². The number of pyridine rings is 1. The summed E-state index contributed by atoms with van der Waals surface area (Å²) in [6.45, 7) is 4.32. The first-order valence-electron chi connectivity index (χ1n) is 10.3. The van der Waals surface area contributed by atoms with E-state index in [2.05, 4.69) is 15.1 Å². The third kappa shape index (κ3) is 3.89. The Bertz CT molecular complexity index is 1220. The molecule has 0 amide bonds. The zero-order valence-corrected chi connectivity index (χ0v) is 18.2. The fourth-order valence-electron chi connectivity index (χ4n) is 3.76. The molecule has 1 aromatic carbocycles. The average Bonchev–Trinajstić information content (AvgIpc) is 3.19. The second-order valence-electron chi connectivity index (χ2n) is 7.35. The highest BCUT2D eigenvalue weighted by molar-refractivity contribution is 6.13. The first-order chi connectivity index (χ1) is 15.4. The first kappa shape index (κ1) is 21.4. The van der Waals surface area contributed by atoms with Crippen LogP contribution in [0.4, 0.5) is 10.2 Å². The molecule has 0 spiro atoms. The SMILES string of the molecule is CCN=C1C(=CN)Cc2cc(OC)nn2-c2ccc(F)cc2[C@@H](C)Oc2cc1cnc2N. The van der Waals surface area contributed by atoms with Crippen LogP contribution in [0.1, 0.15) is 36.8 Å². The van der Waals surface area contributed by atoms with E-state index in [4.69, 9.17) is 20.9 Å². The van der Waals surface area contributed by atoms with Crippen LogP contribution in [0.15, 0.2) is 53.3 Å². The van der Waals surface area contributed by atoms with E-state index in [1.807, 2.05) is 19.9 Å². The predicted molar refractivity (Wildman–Crippen MR) is 121 cm³/mol. The molecular formula is C23H25FN6O2. The number of aromatic nitrogens is 3. The standard InChI is InChI=1S/C23H25FN6O2/c1-4-27-22-14(11-25)7-17-10-21(31-3)29-30(17)19-6-5-16(24)9-18(19)13(2)32-20-8-15(22)12-28-23(20)26/h5-6,8-13H,4,7,25H2,1-3H3,(H2,26,28)/t13-/m1/s1. The third-order valence-electron chi connectivity index (χ3n) is 5.28. The molecule has 2 aromatic heterocycles. The van der Waals surface area contributed by atoms with Crippen LogP contribution in [-0.4, -0.2) is 34.1 Å². The molecule has 9 heteroatoms. The summed E-state index contributed by atoms with van der Waals surface area (Å²) in [5.74, 6) is 0.651. The molecule has 1 aliphatic heterocycles. The molecule has 0 saturated heterocycles. The monoisotopic (exact) mass is 436 g/mol. The van der Waals surface area contributed by atoms with Gasteiger partial charge in [0, 0.05) is 36.4 Å². The van der Waals surface area contributed by atoms with Crippen molar-refractivity contribution in [1.82, 2.24) is 14.8 Å². The number of halogens is 1. The van der Waals surface area contributed by atoms with Crippen LogP contribution >= 0.6 is 0 Å². The lowest BCUT2D eigenvalue weighted by molar-refractivity contribution is 0.226. The van der Waals surface area contributed by atoms with Crippen molar-refractivity contribution >= 4 is 11.5 Å². The number of hydrogen-bond donors (Lipinski definition) is 2. The second-order valence-corrected chi connectivity index (χ2v) is 7.35. The van der Waals surface area contributed by atoms with Gasteiger partial charge in [0.25, 0.3) is 0 Å². The number of ether oxygens (including phenoxy) is 2. The van der Waals surface area contributed by atoms with Gasteiger partial charge in [-0.05, 0) is 49.9 Å². The molecule has 0 aliphatic carbocycles. The number of hydrogen-bond acceptors (Lipinski definition) is 7. The molecule has 0 unspecified atom stereocenters. The lowest BCUT2D eigenvalue weighted by atomic mass is 9.99. The van der Waals surface area contributed by atoms with Crippen molar-refractivity contribution in [3.8, 4) is 17.3 Å². The number of fused-ring (bicyclic) bond motifs is 5. The topological polar surface area (TPSA) is 114 Å². The van der Waals surface area contributed by atoms with Gasteiger partial charge in [-0.15, -0.1) is 5.10 Å². The number of allylic oxidation sites excluding steroid dienone is 1. The quantitative estimate of drug-likeness (QED) is 0.637. The van der Waals surface area contributed by atoms with Crippen LogP contribution in [0.25, 0.3) is 5.69 Å². The van der Waals surface area contributed by atoms with E-state index in [9.17, 15) is 4.39 Å². The lowest BCUT2D eigenvalue weighted by Crippen LogP contribution is -2.17. The maximum Gasteiger partial charge on any atom is 0.233 e. The highest BCUT2D eigenvalue weighted by atomic mass is 19.1. The van der Waals surface area contributed by atoms with E-state index in [0.717, 1.165) is 16.8 Å². The van der Waals surface area contributed by atoms with Gasteiger partial charge in [-0.2, -0.15) is 0 Å². The van der Waals surface area contributed by atoms with Gasteiger partial charge in [-0.3, -0.25) is 4.99 Å².